The lowest BCUT2D eigenvalue weighted by molar-refractivity contribution is -0.140. The molecule has 0 aliphatic carbocycles. The molecule has 1 N–H and O–H groups in total. The number of carbonyl (C=O) groups is 2. The summed E-state index contributed by atoms with van der Waals surface area (Å²) in [7, 11) is -3.75. The molecule has 2 amide bonds. The summed E-state index contributed by atoms with van der Waals surface area (Å²) in [5.41, 5.74) is 3.40. The molecule has 0 unspecified atom stereocenters. The molecule has 0 aliphatic heterocycles. The molecule has 0 bridgehead atoms. The second-order valence-corrected chi connectivity index (χ2v) is 11.6. The van der Waals surface area contributed by atoms with Crippen LogP contribution in [-0.4, -0.2) is 50.0 Å². The van der Waals surface area contributed by atoms with E-state index in [9.17, 15) is 18.0 Å². The summed E-state index contributed by atoms with van der Waals surface area (Å²) in [6, 6.07) is 14.1. The number of nitrogens with zero attached hydrogens (tertiary/aromatic N) is 2. The minimum atomic E-state index is -3.75. The zero-order valence-electron chi connectivity index (χ0n) is 22.6. The Morgan fingerprint density at radius 2 is 1.56 bits per heavy atom. The maximum Gasteiger partial charge on any atom is 0.244 e. The van der Waals surface area contributed by atoms with Gasteiger partial charge in [-0.25, -0.2) is 8.42 Å². The molecule has 0 saturated heterocycles. The Kier molecular flexibility index (Phi) is 10.5. The third-order valence-electron chi connectivity index (χ3n) is 6.52. The maximum atomic E-state index is 13.8. The largest absolute Gasteiger partial charge is 0.352 e. The van der Waals surface area contributed by atoms with Crippen LogP contribution in [0.25, 0.3) is 0 Å². The highest BCUT2D eigenvalue weighted by Gasteiger charge is 2.32. The zero-order valence-corrected chi connectivity index (χ0v) is 23.4. The fourth-order valence-corrected chi connectivity index (χ4v) is 4.82. The van der Waals surface area contributed by atoms with Crippen molar-refractivity contribution < 1.29 is 18.0 Å². The van der Waals surface area contributed by atoms with Gasteiger partial charge in [0.25, 0.3) is 0 Å². The van der Waals surface area contributed by atoms with Gasteiger partial charge in [-0.2, -0.15) is 0 Å². The van der Waals surface area contributed by atoms with E-state index in [1.165, 1.54) is 4.90 Å². The van der Waals surface area contributed by atoms with E-state index in [1.807, 2.05) is 64.1 Å². The van der Waals surface area contributed by atoms with Gasteiger partial charge in [0.1, 0.15) is 12.6 Å². The average Bonchev–Trinajstić information content (AvgIpc) is 2.82. The van der Waals surface area contributed by atoms with Gasteiger partial charge < -0.3 is 10.2 Å². The molecule has 198 valence electrons. The van der Waals surface area contributed by atoms with E-state index in [4.69, 9.17) is 0 Å². The standard InChI is InChI=1S/C28H41N3O4S/c1-8-22(6)29-28(33)26(9-2)30(18-24-13-11-10-12-21(24)5)27(32)19-31(36(7,34)35)25-16-14-23(15-17-25)20(3)4/h10-17,20,22,26H,8-9,18-19H2,1-7H3,(H,29,33)/t22-,26+/m0/s1. The number of nitrogens with one attached hydrogen (secondary N) is 1. The molecular formula is C28H41N3O4S. The molecule has 0 heterocycles. The van der Waals surface area contributed by atoms with Crippen LogP contribution in [-0.2, 0) is 26.2 Å². The van der Waals surface area contributed by atoms with E-state index in [0.29, 0.717) is 18.0 Å². The number of anilines is 1. The molecule has 8 heteroatoms. The first-order valence-corrected chi connectivity index (χ1v) is 14.5. The van der Waals surface area contributed by atoms with Crippen LogP contribution in [0.3, 0.4) is 0 Å². The van der Waals surface area contributed by atoms with Crippen molar-refractivity contribution in [2.45, 2.75) is 78.9 Å². The molecule has 36 heavy (non-hydrogen) atoms. The molecule has 0 spiro atoms. The van der Waals surface area contributed by atoms with Crippen LogP contribution in [0.15, 0.2) is 48.5 Å². The van der Waals surface area contributed by atoms with Crippen LogP contribution in [0, 0.1) is 6.92 Å². The number of hydrogen-bond donors (Lipinski definition) is 1. The first-order chi connectivity index (χ1) is 16.9. The zero-order chi connectivity index (χ0) is 27.0. The fraction of sp³-hybridized carbons (Fsp3) is 0.500. The summed E-state index contributed by atoms with van der Waals surface area (Å²) in [5, 5.41) is 2.98. The SMILES string of the molecule is CC[C@H](C(=O)N[C@@H](C)CC)N(Cc1ccccc1C)C(=O)CN(c1ccc(C(C)C)cc1)S(C)(=O)=O. The van der Waals surface area contributed by atoms with Crippen molar-refractivity contribution in [3.05, 3.63) is 65.2 Å². The van der Waals surface area contributed by atoms with Crippen LogP contribution in [0.4, 0.5) is 5.69 Å². The van der Waals surface area contributed by atoms with Gasteiger partial charge in [-0.05, 0) is 61.4 Å². The van der Waals surface area contributed by atoms with Crippen LogP contribution >= 0.6 is 0 Å². The van der Waals surface area contributed by atoms with Gasteiger partial charge in [0.15, 0.2) is 0 Å². The summed E-state index contributed by atoms with van der Waals surface area (Å²) in [5.74, 6) is -0.366. The molecule has 2 atom stereocenters. The van der Waals surface area contributed by atoms with E-state index < -0.39 is 28.5 Å². The quantitative estimate of drug-likeness (QED) is 0.447. The predicted octanol–water partition coefficient (Wildman–Crippen LogP) is 4.61. The van der Waals surface area contributed by atoms with E-state index in [0.717, 1.165) is 33.7 Å². The van der Waals surface area contributed by atoms with Gasteiger partial charge in [-0.1, -0.05) is 64.1 Å². The third kappa shape index (κ3) is 7.82. The van der Waals surface area contributed by atoms with E-state index >= 15 is 0 Å². The summed E-state index contributed by atoms with van der Waals surface area (Å²) >= 11 is 0. The van der Waals surface area contributed by atoms with Crippen molar-refractivity contribution in [3.63, 3.8) is 0 Å². The number of hydrogen-bond acceptors (Lipinski definition) is 4. The second kappa shape index (κ2) is 12.9. The Hall–Kier alpha value is -2.87. The van der Waals surface area contributed by atoms with Gasteiger partial charge in [0, 0.05) is 12.6 Å². The monoisotopic (exact) mass is 515 g/mol. The van der Waals surface area contributed by atoms with E-state index in [-0.39, 0.29) is 18.5 Å². The highest BCUT2D eigenvalue weighted by Crippen LogP contribution is 2.23. The molecule has 0 aromatic heterocycles. The molecule has 2 rings (SSSR count). The number of carbonyl (C=O) groups excluding carboxylic acids is 2. The van der Waals surface area contributed by atoms with Gasteiger partial charge >= 0.3 is 0 Å². The van der Waals surface area contributed by atoms with Crippen LogP contribution in [0.1, 0.15) is 70.1 Å². The lowest BCUT2D eigenvalue weighted by atomic mass is 10.0. The minimum absolute atomic E-state index is 0.0334. The second-order valence-electron chi connectivity index (χ2n) is 9.71. The summed E-state index contributed by atoms with van der Waals surface area (Å²) < 4.78 is 26.6. The average molecular weight is 516 g/mol. The lowest BCUT2D eigenvalue weighted by Gasteiger charge is -2.33. The first kappa shape index (κ1) is 29.4. The topological polar surface area (TPSA) is 86.8 Å². The van der Waals surface area contributed by atoms with Crippen LogP contribution in [0.5, 0.6) is 0 Å². The van der Waals surface area contributed by atoms with E-state index in [2.05, 4.69) is 19.2 Å². The van der Waals surface area contributed by atoms with Gasteiger partial charge in [0.2, 0.25) is 21.8 Å². The number of rotatable bonds is 12. The number of amides is 2. The van der Waals surface area contributed by atoms with Crippen molar-refractivity contribution in [2.75, 3.05) is 17.1 Å². The number of benzene rings is 2. The van der Waals surface area contributed by atoms with Gasteiger partial charge in [0.05, 0.1) is 11.9 Å². The number of sulfonamides is 1. The smallest absolute Gasteiger partial charge is 0.244 e. The Morgan fingerprint density at radius 3 is 2.06 bits per heavy atom. The Bertz CT molecular complexity index is 1130. The van der Waals surface area contributed by atoms with E-state index in [1.54, 1.807) is 12.1 Å². The molecule has 0 radical (unpaired) electrons. The van der Waals surface area contributed by atoms with Crippen molar-refractivity contribution in [1.82, 2.24) is 10.2 Å². The maximum absolute atomic E-state index is 13.8. The van der Waals surface area contributed by atoms with Crippen molar-refractivity contribution in [1.29, 1.82) is 0 Å². The van der Waals surface area contributed by atoms with Crippen LogP contribution in [0.2, 0.25) is 0 Å². The Balaban J connectivity index is 2.45. The normalized spacial score (nSPS) is 13.2. The summed E-state index contributed by atoms with van der Waals surface area (Å²) in [4.78, 5) is 28.5. The number of aryl methyl sites for hydroxylation is 1. The minimum Gasteiger partial charge on any atom is -0.352 e. The molecule has 2 aromatic rings. The van der Waals surface area contributed by atoms with Gasteiger partial charge in [-0.3, -0.25) is 13.9 Å². The Labute approximate surface area is 216 Å². The highest BCUT2D eigenvalue weighted by molar-refractivity contribution is 7.92. The van der Waals surface area contributed by atoms with Crippen molar-refractivity contribution in [2.24, 2.45) is 0 Å². The highest BCUT2D eigenvalue weighted by atomic mass is 32.2. The molecule has 0 saturated carbocycles. The van der Waals surface area contributed by atoms with Gasteiger partial charge in [-0.15, -0.1) is 0 Å². The predicted molar refractivity (Wildman–Crippen MR) is 146 cm³/mol. The molecule has 0 aliphatic rings. The lowest BCUT2D eigenvalue weighted by Crippen LogP contribution is -2.53. The Morgan fingerprint density at radius 1 is 0.944 bits per heavy atom. The molecule has 7 nitrogen and oxygen atoms in total. The third-order valence-corrected chi connectivity index (χ3v) is 7.66. The van der Waals surface area contributed by atoms with Crippen molar-refractivity contribution in [3.8, 4) is 0 Å². The summed E-state index contributed by atoms with van der Waals surface area (Å²) in [6.45, 7) is 11.7. The fourth-order valence-electron chi connectivity index (χ4n) is 3.97. The molecular weight excluding hydrogens is 474 g/mol. The first-order valence-electron chi connectivity index (χ1n) is 12.6. The van der Waals surface area contributed by atoms with Crippen molar-refractivity contribution >= 4 is 27.5 Å². The molecule has 0 fully saturated rings. The van der Waals surface area contributed by atoms with Crippen LogP contribution < -0.4 is 9.62 Å². The molecule has 2 aromatic carbocycles. The summed E-state index contributed by atoms with van der Waals surface area (Å²) in [6.07, 6.45) is 2.26.